The lowest BCUT2D eigenvalue weighted by Crippen LogP contribution is -2.41. The molecule has 0 unspecified atom stereocenters. The van der Waals surface area contributed by atoms with Gasteiger partial charge in [0.15, 0.2) is 28.9 Å². The van der Waals surface area contributed by atoms with Crippen molar-refractivity contribution in [3.05, 3.63) is 6.33 Å². The maximum Gasteiger partial charge on any atom is 0.302 e. The Hall–Kier alpha value is -2.86. The lowest BCUT2D eigenvalue weighted by molar-refractivity contribution is -0.147. The fourth-order valence-corrected chi connectivity index (χ4v) is 3.08. The Morgan fingerprint density at radius 1 is 1.45 bits per heavy atom. The van der Waals surface area contributed by atoms with Gasteiger partial charge in [-0.1, -0.05) is 6.92 Å². The standard InChI is InChI=1S/C17H23FN6O5/c1-5-10(26)21-16-22-13(19-4)11-14(23-16)24(7-20-11)15-17(3,18)12(27)9(29-15)6-28-8(2)25/h7,9,12,15,27H,5-6H2,1-4H3,(H2,19,21,22,23,26)/t9-,12-,15-,17-/m1/s1. The Bertz CT molecular complexity index is 932. The number of hydrogen-bond acceptors (Lipinski definition) is 9. The Balaban J connectivity index is 2.01. The van der Waals surface area contributed by atoms with Crippen LogP contribution >= 0.6 is 0 Å². The second kappa shape index (κ2) is 7.87. The number of imidazole rings is 1. The van der Waals surface area contributed by atoms with Crippen molar-refractivity contribution >= 4 is 34.8 Å². The van der Waals surface area contributed by atoms with Crippen LogP contribution in [0.3, 0.4) is 0 Å². The fourth-order valence-electron chi connectivity index (χ4n) is 3.08. The molecule has 29 heavy (non-hydrogen) atoms. The molecule has 11 nitrogen and oxygen atoms in total. The lowest BCUT2D eigenvalue weighted by atomic mass is 9.98. The monoisotopic (exact) mass is 410 g/mol. The normalized spacial score (nSPS) is 26.5. The molecule has 2 aromatic rings. The number of nitrogens with zero attached hydrogens (tertiary/aromatic N) is 4. The third-order valence-corrected chi connectivity index (χ3v) is 4.65. The van der Waals surface area contributed by atoms with Gasteiger partial charge in [-0.05, 0) is 6.92 Å². The summed E-state index contributed by atoms with van der Waals surface area (Å²) < 4.78 is 27.2. The van der Waals surface area contributed by atoms with Gasteiger partial charge < -0.3 is 19.9 Å². The van der Waals surface area contributed by atoms with Crippen LogP contribution in [-0.4, -0.2) is 68.0 Å². The van der Waals surface area contributed by atoms with Crippen LogP contribution in [0, 0.1) is 0 Å². The van der Waals surface area contributed by atoms with E-state index in [0.29, 0.717) is 11.3 Å². The molecule has 2 aromatic heterocycles. The van der Waals surface area contributed by atoms with Crippen LogP contribution in [0.4, 0.5) is 16.2 Å². The lowest BCUT2D eigenvalue weighted by Gasteiger charge is -2.24. The molecular weight excluding hydrogens is 387 g/mol. The van der Waals surface area contributed by atoms with Crippen molar-refractivity contribution in [3.8, 4) is 0 Å². The number of ether oxygens (including phenoxy) is 2. The number of fused-ring (bicyclic) bond motifs is 1. The zero-order valence-corrected chi connectivity index (χ0v) is 16.5. The van der Waals surface area contributed by atoms with Crippen LogP contribution in [0.2, 0.25) is 0 Å². The summed E-state index contributed by atoms with van der Waals surface area (Å²) in [7, 11) is 1.62. The maximum atomic E-state index is 15.4. The molecule has 0 aromatic carbocycles. The Labute approximate surface area is 165 Å². The molecule has 0 saturated carbocycles. The molecular formula is C17H23FN6O5. The van der Waals surface area contributed by atoms with E-state index in [4.69, 9.17) is 9.47 Å². The molecule has 1 fully saturated rings. The molecule has 3 heterocycles. The Kier molecular flexibility index (Phi) is 5.66. The summed E-state index contributed by atoms with van der Waals surface area (Å²) in [5.74, 6) is -0.510. The molecule has 1 amide bonds. The number of anilines is 2. The van der Waals surface area contributed by atoms with E-state index in [1.165, 1.54) is 24.7 Å². The minimum atomic E-state index is -2.23. The van der Waals surface area contributed by atoms with E-state index in [-0.39, 0.29) is 30.5 Å². The van der Waals surface area contributed by atoms with E-state index in [0.717, 1.165) is 0 Å². The number of carbonyl (C=O) groups excluding carboxylic acids is 2. The minimum Gasteiger partial charge on any atom is -0.463 e. The summed E-state index contributed by atoms with van der Waals surface area (Å²) in [4.78, 5) is 35.4. The average Bonchev–Trinajstić information content (AvgIpc) is 3.18. The number of esters is 1. The van der Waals surface area contributed by atoms with E-state index in [1.807, 2.05) is 0 Å². The smallest absolute Gasteiger partial charge is 0.302 e. The highest BCUT2D eigenvalue weighted by Crippen LogP contribution is 2.42. The van der Waals surface area contributed by atoms with Crippen molar-refractivity contribution in [3.63, 3.8) is 0 Å². The molecule has 1 saturated heterocycles. The summed E-state index contributed by atoms with van der Waals surface area (Å²) in [6.45, 7) is 3.78. The van der Waals surface area contributed by atoms with E-state index >= 15 is 4.39 Å². The summed E-state index contributed by atoms with van der Waals surface area (Å²) >= 11 is 0. The van der Waals surface area contributed by atoms with Crippen LogP contribution in [-0.2, 0) is 19.1 Å². The Morgan fingerprint density at radius 2 is 2.17 bits per heavy atom. The molecule has 0 radical (unpaired) electrons. The zero-order chi connectivity index (χ0) is 21.3. The number of hydrogen-bond donors (Lipinski definition) is 3. The molecule has 158 valence electrons. The molecule has 1 aliphatic heterocycles. The van der Waals surface area contributed by atoms with E-state index in [9.17, 15) is 14.7 Å². The van der Waals surface area contributed by atoms with Crippen LogP contribution in [0.5, 0.6) is 0 Å². The molecule has 0 bridgehead atoms. The van der Waals surface area contributed by atoms with Crippen molar-refractivity contribution in [2.45, 2.75) is 51.3 Å². The summed E-state index contributed by atoms with van der Waals surface area (Å²) in [5.41, 5.74) is -1.69. The predicted octanol–water partition coefficient (Wildman–Crippen LogP) is 0.766. The maximum absolute atomic E-state index is 15.4. The first-order chi connectivity index (χ1) is 13.7. The van der Waals surface area contributed by atoms with Crippen molar-refractivity contribution in [2.24, 2.45) is 0 Å². The number of carbonyl (C=O) groups is 2. The van der Waals surface area contributed by atoms with Crippen LogP contribution in [0.15, 0.2) is 6.33 Å². The number of halogens is 1. The largest absolute Gasteiger partial charge is 0.463 e. The zero-order valence-electron chi connectivity index (χ0n) is 16.5. The highest BCUT2D eigenvalue weighted by molar-refractivity contribution is 5.91. The van der Waals surface area contributed by atoms with E-state index in [2.05, 4.69) is 25.6 Å². The first-order valence-electron chi connectivity index (χ1n) is 9.07. The summed E-state index contributed by atoms with van der Waals surface area (Å²) in [6, 6.07) is 0. The summed E-state index contributed by atoms with van der Waals surface area (Å²) in [5, 5.41) is 15.8. The number of alkyl halides is 1. The second-order valence-corrected chi connectivity index (χ2v) is 6.80. The number of aliphatic hydroxyl groups is 1. The van der Waals surface area contributed by atoms with Crippen LogP contribution in [0.25, 0.3) is 11.2 Å². The van der Waals surface area contributed by atoms with Gasteiger partial charge in [-0.3, -0.25) is 19.5 Å². The van der Waals surface area contributed by atoms with Gasteiger partial charge in [0, 0.05) is 20.4 Å². The predicted molar refractivity (Wildman–Crippen MR) is 99.9 cm³/mol. The molecule has 1 aliphatic rings. The average molecular weight is 410 g/mol. The molecule has 3 rings (SSSR count). The topological polar surface area (TPSA) is 140 Å². The van der Waals surface area contributed by atoms with Gasteiger partial charge >= 0.3 is 5.97 Å². The molecule has 12 heteroatoms. The quantitative estimate of drug-likeness (QED) is 0.589. The van der Waals surface area contributed by atoms with Crippen LogP contribution < -0.4 is 10.6 Å². The molecule has 4 atom stereocenters. The summed E-state index contributed by atoms with van der Waals surface area (Å²) in [6.07, 6.45) is -2.36. The second-order valence-electron chi connectivity index (χ2n) is 6.80. The van der Waals surface area contributed by atoms with Gasteiger partial charge in [0.1, 0.15) is 18.8 Å². The third kappa shape index (κ3) is 3.85. The Morgan fingerprint density at radius 3 is 2.79 bits per heavy atom. The van der Waals surface area contributed by atoms with Gasteiger partial charge in [0.25, 0.3) is 0 Å². The third-order valence-electron chi connectivity index (χ3n) is 4.65. The number of rotatable bonds is 6. The van der Waals surface area contributed by atoms with Crippen molar-refractivity contribution in [1.82, 2.24) is 19.5 Å². The number of amides is 1. The van der Waals surface area contributed by atoms with Crippen molar-refractivity contribution in [1.29, 1.82) is 0 Å². The molecule has 3 N–H and O–H groups in total. The van der Waals surface area contributed by atoms with Gasteiger partial charge in [0.2, 0.25) is 11.9 Å². The van der Waals surface area contributed by atoms with Gasteiger partial charge in [-0.15, -0.1) is 0 Å². The van der Waals surface area contributed by atoms with Gasteiger partial charge in [-0.25, -0.2) is 9.37 Å². The van der Waals surface area contributed by atoms with Crippen LogP contribution in [0.1, 0.15) is 33.4 Å². The molecule has 0 aliphatic carbocycles. The minimum absolute atomic E-state index is 0.0195. The van der Waals surface area contributed by atoms with Gasteiger partial charge in [0.05, 0.1) is 6.33 Å². The van der Waals surface area contributed by atoms with E-state index < -0.39 is 30.1 Å². The SMILES string of the molecule is CCC(=O)Nc1nc(NC)c2ncn([C@@H]3O[C@H](COC(C)=O)[C@@H](O)[C@@]3(C)F)c2n1. The van der Waals surface area contributed by atoms with Crippen molar-refractivity contribution in [2.75, 3.05) is 24.3 Å². The fraction of sp³-hybridized carbons (Fsp3) is 0.588. The van der Waals surface area contributed by atoms with E-state index in [1.54, 1.807) is 14.0 Å². The number of aromatic nitrogens is 4. The first kappa shape index (κ1) is 20.9. The number of aliphatic hydroxyl groups excluding tert-OH is 1. The van der Waals surface area contributed by atoms with Gasteiger partial charge in [-0.2, -0.15) is 9.97 Å². The highest BCUT2D eigenvalue weighted by atomic mass is 19.1. The highest BCUT2D eigenvalue weighted by Gasteiger charge is 2.55. The molecule has 0 spiro atoms. The van der Waals surface area contributed by atoms with Crippen molar-refractivity contribution < 1.29 is 28.6 Å². The number of nitrogens with one attached hydrogen (secondary N) is 2. The first-order valence-corrected chi connectivity index (χ1v) is 9.07.